The van der Waals surface area contributed by atoms with Gasteiger partial charge >= 0.3 is 0 Å². The number of rotatable bonds is 8. The van der Waals surface area contributed by atoms with E-state index in [-0.39, 0.29) is 12.0 Å². The number of benzene rings is 2. The number of hydrogen-bond acceptors (Lipinski definition) is 4. The number of ether oxygens (including phenoxy) is 3. The first kappa shape index (κ1) is 20.1. The van der Waals surface area contributed by atoms with Gasteiger partial charge in [-0.3, -0.25) is 4.79 Å². The molecule has 26 heavy (non-hydrogen) atoms. The van der Waals surface area contributed by atoms with E-state index in [1.165, 1.54) is 0 Å². The van der Waals surface area contributed by atoms with Crippen LogP contribution in [0.25, 0.3) is 0 Å². The van der Waals surface area contributed by atoms with Gasteiger partial charge in [-0.05, 0) is 56.7 Å². The highest BCUT2D eigenvalue weighted by atomic mass is 79.9. The monoisotopic (exact) mass is 421 g/mol. The minimum Gasteiger partial charge on any atom is -0.493 e. The molecule has 0 heterocycles. The molecule has 1 N–H and O–H groups in total. The second kappa shape index (κ2) is 9.48. The van der Waals surface area contributed by atoms with Crippen LogP contribution in [0.4, 0.5) is 0 Å². The molecule has 0 unspecified atom stereocenters. The fourth-order valence-corrected chi connectivity index (χ4v) is 2.75. The zero-order valence-corrected chi connectivity index (χ0v) is 17.1. The lowest BCUT2D eigenvalue weighted by Crippen LogP contribution is -2.24. The molecule has 5 nitrogen and oxygen atoms in total. The Kier molecular flexibility index (Phi) is 7.33. The predicted octanol–water partition coefficient (Wildman–Crippen LogP) is 4.57. The van der Waals surface area contributed by atoms with E-state index < -0.39 is 0 Å². The summed E-state index contributed by atoms with van der Waals surface area (Å²) in [7, 11) is 1.59. The van der Waals surface area contributed by atoms with Gasteiger partial charge < -0.3 is 19.5 Å². The smallest absolute Gasteiger partial charge is 0.255 e. The zero-order valence-electron chi connectivity index (χ0n) is 15.5. The molecule has 0 atom stereocenters. The average molecular weight is 422 g/mol. The van der Waals surface area contributed by atoms with Crippen molar-refractivity contribution < 1.29 is 19.0 Å². The lowest BCUT2D eigenvalue weighted by molar-refractivity contribution is 0.0945. The summed E-state index contributed by atoms with van der Waals surface area (Å²) >= 11 is 3.41. The predicted molar refractivity (Wildman–Crippen MR) is 105 cm³/mol. The van der Waals surface area contributed by atoms with Crippen LogP contribution in [0.15, 0.2) is 40.9 Å². The Labute approximate surface area is 162 Å². The van der Waals surface area contributed by atoms with E-state index in [1.807, 2.05) is 45.0 Å². The third kappa shape index (κ3) is 5.39. The standard InChI is InChI=1S/C20H24BrNO4/c1-5-25-17-9-6-14(10-19(17)24-4)12-22-20(23)16-8-7-15(21)11-18(16)26-13(2)3/h6-11,13H,5,12H2,1-4H3,(H,22,23). The Morgan fingerprint density at radius 2 is 1.88 bits per heavy atom. The van der Waals surface area contributed by atoms with Crippen molar-refractivity contribution in [3.8, 4) is 17.2 Å². The summed E-state index contributed by atoms with van der Waals surface area (Å²) in [5.41, 5.74) is 1.42. The third-order valence-electron chi connectivity index (χ3n) is 3.53. The number of amides is 1. The van der Waals surface area contributed by atoms with Gasteiger partial charge in [-0.15, -0.1) is 0 Å². The Bertz CT molecular complexity index is 761. The lowest BCUT2D eigenvalue weighted by Gasteiger charge is -2.15. The fourth-order valence-electron chi connectivity index (χ4n) is 2.41. The molecule has 0 fully saturated rings. The fraction of sp³-hybridized carbons (Fsp3) is 0.350. The molecule has 0 radical (unpaired) electrons. The third-order valence-corrected chi connectivity index (χ3v) is 4.03. The molecule has 140 valence electrons. The Hall–Kier alpha value is -2.21. The molecule has 2 aromatic carbocycles. The molecule has 1 amide bonds. The first-order valence-electron chi connectivity index (χ1n) is 8.48. The van der Waals surface area contributed by atoms with Crippen molar-refractivity contribution in [1.82, 2.24) is 5.32 Å². The van der Waals surface area contributed by atoms with Gasteiger partial charge in [0.25, 0.3) is 5.91 Å². The summed E-state index contributed by atoms with van der Waals surface area (Å²) in [5.74, 6) is 1.69. The number of hydrogen-bond donors (Lipinski definition) is 1. The minimum atomic E-state index is -0.194. The number of nitrogens with one attached hydrogen (secondary N) is 1. The topological polar surface area (TPSA) is 56.8 Å². The summed E-state index contributed by atoms with van der Waals surface area (Å²) in [6.45, 7) is 6.71. The first-order valence-corrected chi connectivity index (χ1v) is 9.28. The number of halogens is 1. The van der Waals surface area contributed by atoms with Crippen LogP contribution in [0.5, 0.6) is 17.2 Å². The summed E-state index contributed by atoms with van der Waals surface area (Å²) in [6.07, 6.45) is -0.0220. The summed E-state index contributed by atoms with van der Waals surface area (Å²) < 4.78 is 17.5. The highest BCUT2D eigenvalue weighted by Crippen LogP contribution is 2.28. The summed E-state index contributed by atoms with van der Waals surface area (Å²) in [6, 6.07) is 11.0. The first-order chi connectivity index (χ1) is 12.4. The van der Waals surface area contributed by atoms with Crippen LogP contribution >= 0.6 is 15.9 Å². The maximum Gasteiger partial charge on any atom is 0.255 e. The molecule has 6 heteroatoms. The SMILES string of the molecule is CCOc1ccc(CNC(=O)c2ccc(Br)cc2OC(C)C)cc1OC. The second-order valence-electron chi connectivity index (χ2n) is 5.91. The van der Waals surface area contributed by atoms with Crippen molar-refractivity contribution in [3.05, 3.63) is 52.0 Å². The molecule has 0 aliphatic heterocycles. The van der Waals surface area contributed by atoms with Crippen LogP contribution in [0.3, 0.4) is 0 Å². The van der Waals surface area contributed by atoms with E-state index in [0.717, 1.165) is 10.0 Å². The van der Waals surface area contributed by atoms with Crippen molar-refractivity contribution in [1.29, 1.82) is 0 Å². The van der Waals surface area contributed by atoms with E-state index in [4.69, 9.17) is 14.2 Å². The van der Waals surface area contributed by atoms with Crippen molar-refractivity contribution in [3.63, 3.8) is 0 Å². The average Bonchev–Trinajstić information content (AvgIpc) is 2.60. The number of methoxy groups -OCH3 is 1. The van der Waals surface area contributed by atoms with Crippen LogP contribution in [0.2, 0.25) is 0 Å². The van der Waals surface area contributed by atoms with E-state index in [0.29, 0.717) is 36.0 Å². The van der Waals surface area contributed by atoms with Gasteiger partial charge in [0.15, 0.2) is 11.5 Å². The van der Waals surface area contributed by atoms with Gasteiger partial charge in [0.05, 0.1) is 25.4 Å². The molecule has 0 aliphatic carbocycles. The molecular weight excluding hydrogens is 398 g/mol. The van der Waals surface area contributed by atoms with Crippen molar-refractivity contribution in [2.45, 2.75) is 33.4 Å². The molecule has 0 aromatic heterocycles. The highest BCUT2D eigenvalue weighted by molar-refractivity contribution is 9.10. The lowest BCUT2D eigenvalue weighted by atomic mass is 10.1. The quantitative estimate of drug-likeness (QED) is 0.677. The Balaban J connectivity index is 2.11. The van der Waals surface area contributed by atoms with Gasteiger partial charge in [0.2, 0.25) is 0 Å². The van der Waals surface area contributed by atoms with Gasteiger partial charge in [0, 0.05) is 11.0 Å². The molecule has 0 aliphatic rings. The van der Waals surface area contributed by atoms with Crippen LogP contribution in [-0.2, 0) is 6.54 Å². The van der Waals surface area contributed by atoms with Crippen LogP contribution in [0, 0.1) is 0 Å². The van der Waals surface area contributed by atoms with Crippen molar-refractivity contribution in [2.75, 3.05) is 13.7 Å². The minimum absolute atomic E-state index is 0.0220. The summed E-state index contributed by atoms with van der Waals surface area (Å²) in [5, 5.41) is 2.92. The van der Waals surface area contributed by atoms with Gasteiger partial charge in [-0.2, -0.15) is 0 Å². The van der Waals surface area contributed by atoms with E-state index in [2.05, 4.69) is 21.2 Å². The van der Waals surface area contributed by atoms with Gasteiger partial charge in [-0.25, -0.2) is 0 Å². The van der Waals surface area contributed by atoms with E-state index >= 15 is 0 Å². The van der Waals surface area contributed by atoms with E-state index in [9.17, 15) is 4.79 Å². The molecule has 0 saturated carbocycles. The van der Waals surface area contributed by atoms with Gasteiger partial charge in [-0.1, -0.05) is 22.0 Å². The molecule has 0 saturated heterocycles. The molecular formula is C20H24BrNO4. The zero-order chi connectivity index (χ0) is 19.1. The maximum atomic E-state index is 12.6. The van der Waals surface area contributed by atoms with Crippen LogP contribution < -0.4 is 19.5 Å². The normalized spacial score (nSPS) is 10.5. The highest BCUT2D eigenvalue weighted by Gasteiger charge is 2.14. The molecule has 2 aromatic rings. The van der Waals surface area contributed by atoms with Crippen molar-refractivity contribution >= 4 is 21.8 Å². The molecule has 0 spiro atoms. The summed E-state index contributed by atoms with van der Waals surface area (Å²) in [4.78, 5) is 12.6. The Morgan fingerprint density at radius 3 is 2.54 bits per heavy atom. The van der Waals surface area contributed by atoms with Gasteiger partial charge in [0.1, 0.15) is 5.75 Å². The van der Waals surface area contributed by atoms with Crippen molar-refractivity contribution in [2.24, 2.45) is 0 Å². The second-order valence-corrected chi connectivity index (χ2v) is 6.82. The maximum absolute atomic E-state index is 12.6. The largest absolute Gasteiger partial charge is 0.493 e. The Morgan fingerprint density at radius 1 is 1.12 bits per heavy atom. The molecule has 0 bridgehead atoms. The molecule has 2 rings (SSSR count). The van der Waals surface area contributed by atoms with Crippen LogP contribution in [0.1, 0.15) is 36.7 Å². The number of carbonyl (C=O) groups excluding carboxylic acids is 1. The van der Waals surface area contributed by atoms with E-state index in [1.54, 1.807) is 19.2 Å². The van der Waals surface area contributed by atoms with Crippen LogP contribution in [-0.4, -0.2) is 25.7 Å². The number of carbonyl (C=O) groups is 1.